The second-order valence-corrected chi connectivity index (χ2v) is 5.92. The molecule has 0 aliphatic carbocycles. The molecule has 0 amide bonds. The van der Waals surface area contributed by atoms with Gasteiger partial charge in [-0.05, 0) is 37.7 Å². The Morgan fingerprint density at radius 1 is 1.54 bits per heavy atom. The average Bonchev–Trinajstić information content (AvgIpc) is 2.52. The van der Waals surface area contributed by atoms with Crippen molar-refractivity contribution in [2.24, 2.45) is 0 Å². The van der Waals surface area contributed by atoms with Gasteiger partial charge in [-0.15, -0.1) is 0 Å². The van der Waals surface area contributed by atoms with E-state index in [-0.39, 0.29) is 17.3 Å². The van der Waals surface area contributed by atoms with Crippen LogP contribution < -0.4 is 5.32 Å². The van der Waals surface area contributed by atoms with E-state index in [2.05, 4.69) is 5.32 Å². The minimum atomic E-state index is -0.649. The van der Waals surface area contributed by atoms with Gasteiger partial charge in [-0.3, -0.25) is 10.1 Å². The van der Waals surface area contributed by atoms with Crippen molar-refractivity contribution >= 4 is 40.6 Å². The summed E-state index contributed by atoms with van der Waals surface area (Å²) in [5, 5.41) is 14.6. The summed E-state index contributed by atoms with van der Waals surface area (Å²) in [6.07, 6.45) is 0. The summed E-state index contributed by atoms with van der Waals surface area (Å²) in [7, 11) is 1.73. The number of nitrogens with zero attached hydrogens (tertiary/aromatic N) is 2. The molecule has 0 saturated carbocycles. The van der Waals surface area contributed by atoms with Gasteiger partial charge in [-0.2, -0.15) is 0 Å². The van der Waals surface area contributed by atoms with E-state index in [9.17, 15) is 14.9 Å². The molecule has 1 aliphatic rings. The van der Waals surface area contributed by atoms with Crippen molar-refractivity contribution in [3.63, 3.8) is 0 Å². The standard InChI is InChI=1S/C15H16ClN3O4S/c1-4-23-14(20)12-8(2)18(3)15(24)17-13(12)9-5-6-10(16)11(7-9)19(21)22/h5-7,13H,4H2,1-3H3,(H,17,24)/t13-/m0/s1. The Balaban J connectivity index is 2.57. The van der Waals surface area contributed by atoms with Gasteiger partial charge in [0.1, 0.15) is 5.02 Å². The largest absolute Gasteiger partial charge is 0.463 e. The van der Waals surface area contributed by atoms with Crippen molar-refractivity contribution in [2.45, 2.75) is 19.9 Å². The first-order valence-corrected chi connectivity index (χ1v) is 7.92. The predicted octanol–water partition coefficient (Wildman–Crippen LogP) is 2.95. The first-order chi connectivity index (χ1) is 11.3. The molecule has 2 rings (SSSR count). The number of rotatable bonds is 4. The van der Waals surface area contributed by atoms with Gasteiger partial charge in [0, 0.05) is 18.8 Å². The number of carbonyl (C=O) groups is 1. The van der Waals surface area contributed by atoms with E-state index in [4.69, 9.17) is 28.6 Å². The number of esters is 1. The van der Waals surface area contributed by atoms with E-state index in [1.807, 2.05) is 0 Å². The minimum absolute atomic E-state index is 0.0256. The van der Waals surface area contributed by atoms with Gasteiger partial charge in [0.25, 0.3) is 5.69 Å². The Bertz CT molecular complexity index is 750. The summed E-state index contributed by atoms with van der Waals surface area (Å²) >= 11 is 11.1. The van der Waals surface area contributed by atoms with Crippen molar-refractivity contribution in [1.29, 1.82) is 0 Å². The van der Waals surface area contributed by atoms with E-state index in [0.29, 0.717) is 21.9 Å². The number of nitrogens with one attached hydrogen (secondary N) is 1. The molecule has 0 spiro atoms. The van der Waals surface area contributed by atoms with E-state index >= 15 is 0 Å². The number of hydrogen-bond donors (Lipinski definition) is 1. The molecule has 1 N–H and O–H groups in total. The van der Waals surface area contributed by atoms with Crippen LogP contribution in [0.4, 0.5) is 5.69 Å². The predicted molar refractivity (Wildman–Crippen MR) is 93.7 cm³/mol. The Morgan fingerprint density at radius 3 is 2.79 bits per heavy atom. The fraction of sp³-hybridized carbons (Fsp3) is 0.333. The molecule has 0 radical (unpaired) electrons. The van der Waals surface area contributed by atoms with Crippen LogP contribution in [0.5, 0.6) is 0 Å². The smallest absolute Gasteiger partial charge is 0.338 e. The van der Waals surface area contributed by atoms with Crippen molar-refractivity contribution in [2.75, 3.05) is 13.7 Å². The van der Waals surface area contributed by atoms with E-state index in [1.165, 1.54) is 12.1 Å². The quantitative estimate of drug-likeness (QED) is 0.378. The maximum Gasteiger partial charge on any atom is 0.338 e. The van der Waals surface area contributed by atoms with Gasteiger partial charge in [0.15, 0.2) is 5.11 Å². The molecule has 7 nitrogen and oxygen atoms in total. The monoisotopic (exact) mass is 369 g/mol. The van der Waals surface area contributed by atoms with Crippen LogP contribution in [0.1, 0.15) is 25.5 Å². The maximum atomic E-state index is 12.4. The molecule has 128 valence electrons. The first-order valence-electron chi connectivity index (χ1n) is 7.13. The Morgan fingerprint density at radius 2 is 2.21 bits per heavy atom. The Kier molecular flexibility index (Phi) is 5.40. The lowest BCUT2D eigenvalue weighted by Crippen LogP contribution is -2.46. The summed E-state index contributed by atoms with van der Waals surface area (Å²) in [6, 6.07) is 3.73. The summed E-state index contributed by atoms with van der Waals surface area (Å²) in [4.78, 5) is 24.6. The number of ether oxygens (including phenoxy) is 1. The van der Waals surface area contributed by atoms with Crippen LogP contribution >= 0.6 is 23.8 Å². The third-order valence-electron chi connectivity index (χ3n) is 3.75. The molecule has 1 aromatic rings. The number of carbonyl (C=O) groups excluding carboxylic acids is 1. The zero-order valence-electron chi connectivity index (χ0n) is 13.3. The molecule has 0 bridgehead atoms. The molecular weight excluding hydrogens is 354 g/mol. The number of allylic oxidation sites excluding steroid dienone is 1. The minimum Gasteiger partial charge on any atom is -0.463 e. The SMILES string of the molecule is CCOC(=O)C1=C(C)N(C)C(=S)N[C@H]1c1ccc(Cl)c([N+](=O)[O-])c1. The normalized spacial score (nSPS) is 17.6. The molecule has 0 unspecified atom stereocenters. The van der Waals surface area contributed by atoms with Crippen molar-refractivity contribution in [3.8, 4) is 0 Å². The highest BCUT2D eigenvalue weighted by molar-refractivity contribution is 7.80. The van der Waals surface area contributed by atoms with E-state index < -0.39 is 16.9 Å². The van der Waals surface area contributed by atoms with Gasteiger partial charge in [0.2, 0.25) is 0 Å². The van der Waals surface area contributed by atoms with E-state index in [0.717, 1.165) is 0 Å². The summed E-state index contributed by atoms with van der Waals surface area (Å²) < 4.78 is 5.12. The van der Waals surface area contributed by atoms with Crippen LogP contribution in [0.3, 0.4) is 0 Å². The first kappa shape index (κ1) is 18.2. The maximum absolute atomic E-state index is 12.4. The summed E-state index contributed by atoms with van der Waals surface area (Å²) in [5.41, 5.74) is 1.25. The summed E-state index contributed by atoms with van der Waals surface area (Å²) in [5.74, 6) is -0.501. The third-order valence-corrected chi connectivity index (χ3v) is 4.46. The van der Waals surface area contributed by atoms with Crippen LogP contribution in [0.15, 0.2) is 29.5 Å². The lowest BCUT2D eigenvalue weighted by molar-refractivity contribution is -0.384. The molecule has 0 saturated heterocycles. The molecule has 24 heavy (non-hydrogen) atoms. The second-order valence-electron chi connectivity index (χ2n) is 5.13. The van der Waals surface area contributed by atoms with Crippen LogP contribution in [0.2, 0.25) is 5.02 Å². The Hall–Kier alpha value is -2.19. The number of hydrogen-bond acceptors (Lipinski definition) is 5. The zero-order chi connectivity index (χ0) is 18.0. The number of thiocarbonyl (C=S) groups is 1. The molecule has 0 fully saturated rings. The zero-order valence-corrected chi connectivity index (χ0v) is 14.9. The number of nitro benzene ring substituents is 1. The third kappa shape index (κ3) is 3.34. The summed E-state index contributed by atoms with van der Waals surface area (Å²) in [6.45, 7) is 3.68. The van der Waals surface area contributed by atoms with E-state index in [1.54, 1.807) is 31.9 Å². The fourth-order valence-corrected chi connectivity index (χ4v) is 2.85. The van der Waals surface area contributed by atoms with Gasteiger partial charge < -0.3 is 15.0 Å². The molecule has 9 heteroatoms. The topological polar surface area (TPSA) is 84.7 Å². The lowest BCUT2D eigenvalue weighted by atomic mass is 9.95. The van der Waals surface area contributed by atoms with Crippen LogP contribution in [-0.4, -0.2) is 34.6 Å². The molecular formula is C15H16ClN3O4S. The van der Waals surface area contributed by atoms with Crippen LogP contribution in [0.25, 0.3) is 0 Å². The highest BCUT2D eigenvalue weighted by Gasteiger charge is 2.34. The van der Waals surface area contributed by atoms with Gasteiger partial charge in [-0.25, -0.2) is 4.79 Å². The van der Waals surface area contributed by atoms with Crippen LogP contribution in [-0.2, 0) is 9.53 Å². The lowest BCUT2D eigenvalue weighted by Gasteiger charge is -2.35. The number of halogens is 1. The average molecular weight is 370 g/mol. The van der Waals surface area contributed by atoms with Crippen molar-refractivity contribution in [3.05, 3.63) is 50.2 Å². The van der Waals surface area contributed by atoms with Gasteiger partial charge >= 0.3 is 5.97 Å². The van der Waals surface area contributed by atoms with Crippen molar-refractivity contribution < 1.29 is 14.5 Å². The van der Waals surface area contributed by atoms with Crippen LogP contribution in [0, 0.1) is 10.1 Å². The molecule has 1 aromatic carbocycles. The molecule has 1 atom stereocenters. The second kappa shape index (κ2) is 7.14. The van der Waals surface area contributed by atoms with Gasteiger partial charge in [-0.1, -0.05) is 17.7 Å². The van der Waals surface area contributed by atoms with Crippen molar-refractivity contribution in [1.82, 2.24) is 10.2 Å². The number of nitro groups is 1. The highest BCUT2D eigenvalue weighted by Crippen LogP contribution is 2.34. The van der Waals surface area contributed by atoms with Gasteiger partial charge in [0.05, 0.1) is 23.1 Å². The Labute approximate surface area is 149 Å². The highest BCUT2D eigenvalue weighted by atomic mass is 35.5. The number of benzene rings is 1. The molecule has 1 heterocycles. The molecule has 1 aliphatic heterocycles. The molecule has 0 aromatic heterocycles. The fourth-order valence-electron chi connectivity index (χ4n) is 2.41.